The number of amides is 2. The zero-order chi connectivity index (χ0) is 26.7. The van der Waals surface area contributed by atoms with Crippen molar-refractivity contribution in [3.63, 3.8) is 0 Å². The van der Waals surface area contributed by atoms with Crippen molar-refractivity contribution in [2.24, 2.45) is 24.8 Å². The Kier molecular flexibility index (Phi) is 8.39. The number of benzene rings is 1. The zero-order valence-electron chi connectivity index (χ0n) is 22.6. The molecule has 0 radical (unpaired) electrons. The molecule has 2 aliphatic rings. The first-order valence-corrected chi connectivity index (χ1v) is 13.6. The molecule has 1 aromatic carbocycles. The van der Waals surface area contributed by atoms with Gasteiger partial charge in [0.15, 0.2) is 0 Å². The van der Waals surface area contributed by atoms with Crippen LogP contribution in [-0.4, -0.2) is 64.0 Å². The van der Waals surface area contributed by atoms with E-state index < -0.39 is 0 Å². The van der Waals surface area contributed by atoms with Crippen LogP contribution in [0.3, 0.4) is 0 Å². The molecule has 1 aromatic heterocycles. The van der Waals surface area contributed by atoms with Crippen LogP contribution in [0.5, 0.6) is 5.75 Å². The molecule has 1 saturated heterocycles. The maximum absolute atomic E-state index is 13.2. The zero-order valence-corrected chi connectivity index (χ0v) is 22.6. The van der Waals surface area contributed by atoms with Crippen LogP contribution in [0, 0.1) is 17.8 Å². The lowest BCUT2D eigenvalue weighted by Crippen LogP contribution is -2.53. The van der Waals surface area contributed by atoms with Gasteiger partial charge in [-0.25, -0.2) is 4.79 Å². The predicted octanol–water partition coefficient (Wildman–Crippen LogP) is 2.62. The summed E-state index contributed by atoms with van der Waals surface area (Å²) < 4.78 is 8.12. The Morgan fingerprint density at radius 2 is 1.68 bits per heavy atom. The summed E-state index contributed by atoms with van der Waals surface area (Å²) in [6, 6.07) is 5.16. The number of carbonyl (C=O) groups is 2. The van der Waals surface area contributed by atoms with Crippen molar-refractivity contribution in [2.45, 2.75) is 58.9 Å². The fourth-order valence-electron chi connectivity index (χ4n) is 5.91. The Bertz CT molecular complexity index is 1250. The van der Waals surface area contributed by atoms with E-state index >= 15 is 0 Å². The van der Waals surface area contributed by atoms with E-state index in [9.17, 15) is 19.2 Å². The van der Waals surface area contributed by atoms with Gasteiger partial charge < -0.3 is 14.5 Å². The number of methoxy groups -OCH3 is 1. The highest BCUT2D eigenvalue weighted by Crippen LogP contribution is 2.31. The molecule has 9 nitrogen and oxygen atoms in total. The van der Waals surface area contributed by atoms with Crippen LogP contribution in [0.4, 0.5) is 0 Å². The molecule has 0 spiro atoms. The van der Waals surface area contributed by atoms with Crippen molar-refractivity contribution in [1.29, 1.82) is 0 Å². The molecule has 2 heterocycles. The number of aromatic nitrogens is 2. The molecular weight excluding hydrogens is 472 g/mol. The number of rotatable bonds is 7. The van der Waals surface area contributed by atoms with Crippen LogP contribution in [0.2, 0.25) is 0 Å². The van der Waals surface area contributed by atoms with Gasteiger partial charge in [-0.15, -0.1) is 0 Å². The molecule has 1 aliphatic heterocycles. The van der Waals surface area contributed by atoms with E-state index in [2.05, 4.69) is 6.92 Å². The van der Waals surface area contributed by atoms with E-state index in [0.29, 0.717) is 49.4 Å². The molecule has 0 N–H and O–H groups in total. The smallest absolute Gasteiger partial charge is 0.331 e. The monoisotopic (exact) mass is 512 g/mol. The third-order valence-electron chi connectivity index (χ3n) is 8.24. The third-order valence-corrected chi connectivity index (χ3v) is 8.24. The molecule has 2 amide bonds. The number of nitrogens with zero attached hydrogens (tertiary/aromatic N) is 4. The van der Waals surface area contributed by atoms with Gasteiger partial charge in [0.1, 0.15) is 5.75 Å². The number of hydrogen-bond acceptors (Lipinski definition) is 5. The van der Waals surface area contributed by atoms with Crippen LogP contribution in [0.25, 0.3) is 10.9 Å². The number of piperazine rings is 1. The summed E-state index contributed by atoms with van der Waals surface area (Å²) in [5.74, 6) is 1.14. The molecule has 9 heteroatoms. The maximum atomic E-state index is 13.2. The van der Waals surface area contributed by atoms with Gasteiger partial charge in [-0.2, -0.15) is 0 Å². The van der Waals surface area contributed by atoms with Crippen molar-refractivity contribution in [3.05, 3.63) is 39.0 Å². The summed E-state index contributed by atoms with van der Waals surface area (Å²) in [6.45, 7) is 6.83. The summed E-state index contributed by atoms with van der Waals surface area (Å²) in [7, 11) is 3.23. The van der Waals surface area contributed by atoms with Gasteiger partial charge in [0, 0.05) is 51.6 Å². The van der Waals surface area contributed by atoms with Gasteiger partial charge in [0.05, 0.1) is 18.0 Å². The van der Waals surface area contributed by atoms with Crippen molar-refractivity contribution < 1.29 is 14.3 Å². The van der Waals surface area contributed by atoms with E-state index in [1.165, 1.54) is 9.13 Å². The first-order valence-electron chi connectivity index (χ1n) is 13.6. The van der Waals surface area contributed by atoms with Crippen LogP contribution < -0.4 is 16.0 Å². The first-order chi connectivity index (χ1) is 17.7. The van der Waals surface area contributed by atoms with Crippen LogP contribution in [0.15, 0.2) is 27.8 Å². The van der Waals surface area contributed by atoms with Crippen LogP contribution in [-0.2, 0) is 23.2 Å². The molecule has 4 rings (SSSR count). The third kappa shape index (κ3) is 5.60. The minimum absolute atomic E-state index is 0.0297. The van der Waals surface area contributed by atoms with Gasteiger partial charge >= 0.3 is 5.69 Å². The summed E-state index contributed by atoms with van der Waals surface area (Å²) >= 11 is 0. The highest BCUT2D eigenvalue weighted by atomic mass is 16.5. The Labute approximate surface area is 218 Å². The first kappa shape index (κ1) is 26.9. The fourth-order valence-corrected chi connectivity index (χ4v) is 5.91. The van der Waals surface area contributed by atoms with Crippen molar-refractivity contribution >= 4 is 22.7 Å². The second-order valence-electron chi connectivity index (χ2n) is 10.7. The molecule has 0 bridgehead atoms. The maximum Gasteiger partial charge on any atom is 0.331 e. The van der Waals surface area contributed by atoms with E-state index in [0.717, 1.165) is 38.5 Å². The standard InChI is InChI=1S/C28H40N4O5/c1-5-6-19(2)25(33)30-13-15-31(16-14-30)26(34)21-9-7-20(8-10-21)18-32-27(35)23-17-22(37-4)11-12-24(23)29(3)28(32)36/h11-12,17,19-21H,5-10,13-16,18H2,1-4H3. The summed E-state index contributed by atoms with van der Waals surface area (Å²) in [5, 5.41) is 0.465. The molecule has 2 aromatic rings. The minimum atomic E-state index is -0.318. The highest BCUT2D eigenvalue weighted by molar-refractivity contribution is 5.81. The molecule has 202 valence electrons. The fraction of sp³-hybridized carbons (Fsp3) is 0.643. The highest BCUT2D eigenvalue weighted by Gasteiger charge is 2.33. The van der Waals surface area contributed by atoms with E-state index in [4.69, 9.17) is 4.74 Å². The van der Waals surface area contributed by atoms with Crippen LogP contribution in [0.1, 0.15) is 52.4 Å². The SMILES string of the molecule is CCCC(C)C(=O)N1CCN(C(=O)C2CCC(Cn3c(=O)c4cc(OC)ccc4n(C)c3=O)CC2)CC1. The van der Waals surface area contributed by atoms with Gasteiger partial charge in [-0.3, -0.25) is 23.5 Å². The second kappa shape index (κ2) is 11.5. The Hall–Kier alpha value is -3.10. The molecule has 37 heavy (non-hydrogen) atoms. The molecule has 1 unspecified atom stereocenters. The van der Waals surface area contributed by atoms with Gasteiger partial charge in [0.2, 0.25) is 11.8 Å². The van der Waals surface area contributed by atoms with E-state index in [1.54, 1.807) is 32.4 Å². The second-order valence-corrected chi connectivity index (χ2v) is 10.7. The summed E-state index contributed by atoms with van der Waals surface area (Å²) in [5.41, 5.74) is -0.0274. The van der Waals surface area contributed by atoms with Crippen molar-refractivity contribution in [1.82, 2.24) is 18.9 Å². The van der Waals surface area contributed by atoms with Crippen LogP contribution >= 0.6 is 0 Å². The number of ether oxygens (including phenoxy) is 1. The molecule has 1 atom stereocenters. The van der Waals surface area contributed by atoms with Gasteiger partial charge in [-0.05, 0) is 56.2 Å². The Balaban J connectivity index is 1.35. The van der Waals surface area contributed by atoms with E-state index in [1.807, 2.05) is 16.7 Å². The lowest BCUT2D eigenvalue weighted by atomic mass is 9.81. The molecule has 1 aliphatic carbocycles. The molecular formula is C28H40N4O5. The average Bonchev–Trinajstić information content (AvgIpc) is 2.93. The van der Waals surface area contributed by atoms with Crippen molar-refractivity contribution in [3.8, 4) is 5.75 Å². The predicted molar refractivity (Wildman–Crippen MR) is 143 cm³/mol. The topological polar surface area (TPSA) is 93.8 Å². The normalized spacial score (nSPS) is 21.2. The number of hydrogen-bond donors (Lipinski definition) is 0. The minimum Gasteiger partial charge on any atom is -0.497 e. The Morgan fingerprint density at radius 3 is 2.30 bits per heavy atom. The summed E-state index contributed by atoms with van der Waals surface area (Å²) in [4.78, 5) is 55.8. The number of aryl methyl sites for hydroxylation is 1. The van der Waals surface area contributed by atoms with Gasteiger partial charge in [-0.1, -0.05) is 20.3 Å². The number of carbonyl (C=O) groups excluding carboxylic acids is 2. The molecule has 2 fully saturated rings. The largest absolute Gasteiger partial charge is 0.497 e. The summed E-state index contributed by atoms with van der Waals surface area (Å²) in [6.07, 6.45) is 5.00. The van der Waals surface area contributed by atoms with Gasteiger partial charge in [0.25, 0.3) is 5.56 Å². The number of fused-ring (bicyclic) bond motifs is 1. The lowest BCUT2D eigenvalue weighted by molar-refractivity contribution is -0.144. The average molecular weight is 513 g/mol. The quantitative estimate of drug-likeness (QED) is 0.569. The lowest BCUT2D eigenvalue weighted by Gasteiger charge is -2.38. The van der Waals surface area contributed by atoms with Crippen molar-refractivity contribution in [2.75, 3.05) is 33.3 Å². The Morgan fingerprint density at radius 1 is 1.03 bits per heavy atom. The molecule has 1 saturated carbocycles. The van der Waals surface area contributed by atoms with E-state index in [-0.39, 0.29) is 40.8 Å².